The van der Waals surface area contributed by atoms with Crippen LogP contribution in [-0.2, 0) is 61.6 Å². The topological polar surface area (TPSA) is 241 Å². The summed E-state index contributed by atoms with van der Waals surface area (Å²) in [5, 5.41) is 65.9. The molecule has 0 amide bonds. The van der Waals surface area contributed by atoms with Crippen LogP contribution in [0.3, 0.4) is 0 Å². The highest BCUT2D eigenvalue weighted by Gasteiger charge is 2.63. The largest absolute Gasteiger partial charge is 0.393 e. The summed E-state index contributed by atoms with van der Waals surface area (Å²) in [5.41, 5.74) is -1.04. The molecule has 0 saturated carbocycles. The van der Waals surface area contributed by atoms with Gasteiger partial charge in [0.2, 0.25) is 0 Å². The molecule has 0 bridgehead atoms. The molecule has 6 N–H and O–H groups in total. The van der Waals surface area contributed by atoms with Gasteiger partial charge in [0.05, 0.1) is 129 Å². The summed E-state index contributed by atoms with van der Waals surface area (Å²) in [4.78, 5) is 0. The predicted octanol–water partition coefficient (Wildman–Crippen LogP) is 2.97. The van der Waals surface area contributed by atoms with Gasteiger partial charge >= 0.3 is 0 Å². The van der Waals surface area contributed by atoms with E-state index in [1.54, 1.807) is 6.08 Å². The van der Waals surface area contributed by atoms with Crippen molar-refractivity contribution in [3.63, 3.8) is 0 Å². The third-order valence-corrected chi connectivity index (χ3v) is 20.6. The molecule has 0 radical (unpaired) electrons. The van der Waals surface area contributed by atoms with Crippen LogP contribution in [0.5, 0.6) is 0 Å². The molecule has 9 saturated heterocycles. The molecule has 13 heterocycles. The molecule has 1 spiro atoms. The van der Waals surface area contributed by atoms with Gasteiger partial charge < -0.3 is 92.2 Å². The van der Waals surface area contributed by atoms with Crippen LogP contribution < -0.4 is 0 Å². The molecule has 440 valence electrons. The Hall–Kier alpha value is -2.06. The van der Waals surface area contributed by atoms with E-state index in [-0.39, 0.29) is 79.1 Å². The zero-order chi connectivity index (χ0) is 54.6. The first-order chi connectivity index (χ1) is 38.0. The Bertz CT molecular complexity index is 2300. The summed E-state index contributed by atoms with van der Waals surface area (Å²) < 4.78 is 89.0. The first-order valence-corrected chi connectivity index (χ1v) is 30.0. The van der Waals surface area contributed by atoms with Gasteiger partial charge in [-0.15, -0.1) is 0 Å². The maximum Gasteiger partial charge on any atom is 0.174 e. The Balaban J connectivity index is 0.677. The Morgan fingerprint density at radius 2 is 1.14 bits per heavy atom. The summed E-state index contributed by atoms with van der Waals surface area (Å²) >= 11 is 0. The molecule has 0 aliphatic carbocycles. The van der Waals surface area contributed by atoms with Gasteiger partial charge in [-0.05, 0) is 50.9 Å². The van der Waals surface area contributed by atoms with Crippen molar-refractivity contribution in [2.75, 3.05) is 13.2 Å². The van der Waals surface area contributed by atoms with Gasteiger partial charge in [0.1, 0.15) is 54.4 Å². The molecule has 79 heavy (non-hydrogen) atoms. The fourth-order valence-electron chi connectivity index (χ4n) is 15.9. The second kappa shape index (κ2) is 22.4. The lowest BCUT2D eigenvalue weighted by Gasteiger charge is -2.53. The standard InChI is InChI=1S/C60H86O19/c1-28-19-42-44(22-48-54(76-42)30(3)52(65)58-55(77-48)29(2)31(4)60(79-58)25-33(63)27-67-60)73-46-24-51-59(5,78-47(46)20-28)50(64)23-45-36(74-51)11-7-6-10-35-37(71-45)15-16-39-38(69-35)17-18-40-43(70-39)21-49-57(75-40)53(66)56-41(72-49)12-8-9-34(68-56)14-13-32(62)26-61/h6-9,13-18,28-58,61-66H,10-12,19-27H2,1-5H3/t28-,29+,30+,31+,32+,33+,34-,35-,36+,37+,38+,39-,40-,41+,42+,43+,44-,45-,46+,47-,48+,49-,50-,51-,52+,53-,54-,55-,56+,57-,58+,59+,60?/m1/s1. The highest BCUT2D eigenvalue weighted by atomic mass is 16.7. The average Bonchev–Trinajstić information content (AvgIpc) is 3.66. The van der Waals surface area contributed by atoms with Crippen molar-refractivity contribution in [1.82, 2.24) is 0 Å². The van der Waals surface area contributed by atoms with Crippen molar-refractivity contribution in [3.05, 3.63) is 60.8 Å². The quantitative estimate of drug-likeness (QED) is 0.223. The third-order valence-electron chi connectivity index (χ3n) is 20.6. The number of fused-ring (bicyclic) bond motifs is 11. The van der Waals surface area contributed by atoms with E-state index in [1.807, 2.05) is 50.3 Å². The molecule has 1 unspecified atom stereocenters. The zero-order valence-corrected chi connectivity index (χ0v) is 46.1. The van der Waals surface area contributed by atoms with E-state index >= 15 is 0 Å². The summed E-state index contributed by atoms with van der Waals surface area (Å²) in [5.74, 6) is -1.19. The number of hydrogen-bond donors (Lipinski definition) is 6. The summed E-state index contributed by atoms with van der Waals surface area (Å²) in [6.07, 6.45) is 10.5. The molecule has 19 heteroatoms. The van der Waals surface area contributed by atoms with Gasteiger partial charge in [-0.2, -0.15) is 0 Å². The number of aliphatic hydroxyl groups is 6. The van der Waals surface area contributed by atoms with E-state index in [9.17, 15) is 30.6 Å². The van der Waals surface area contributed by atoms with E-state index < -0.39 is 134 Å². The smallest absolute Gasteiger partial charge is 0.174 e. The Morgan fingerprint density at radius 3 is 1.91 bits per heavy atom. The average molecular weight is 1110 g/mol. The molecule has 0 aromatic heterocycles. The molecular weight excluding hydrogens is 1020 g/mol. The Labute approximate surface area is 463 Å². The fourth-order valence-corrected chi connectivity index (χ4v) is 15.9. The van der Waals surface area contributed by atoms with Gasteiger partial charge in [0.25, 0.3) is 0 Å². The molecule has 0 aromatic rings. The van der Waals surface area contributed by atoms with E-state index in [2.05, 4.69) is 32.9 Å². The van der Waals surface area contributed by atoms with Crippen molar-refractivity contribution < 1.29 is 92.2 Å². The summed E-state index contributed by atoms with van der Waals surface area (Å²) in [6, 6.07) is 0. The number of hydrogen-bond acceptors (Lipinski definition) is 19. The highest BCUT2D eigenvalue weighted by Crippen LogP contribution is 2.52. The first kappa shape index (κ1) is 56.1. The minimum Gasteiger partial charge on any atom is -0.393 e. The van der Waals surface area contributed by atoms with E-state index in [4.69, 9.17) is 61.6 Å². The molecule has 9 fully saturated rings. The van der Waals surface area contributed by atoms with Gasteiger partial charge in [0, 0.05) is 43.9 Å². The van der Waals surface area contributed by atoms with Crippen molar-refractivity contribution in [2.24, 2.45) is 23.7 Å². The number of rotatable bonds is 3. The van der Waals surface area contributed by atoms with Crippen LogP contribution in [0.25, 0.3) is 0 Å². The molecule has 33 atom stereocenters. The fraction of sp³-hybridized carbons (Fsp3) is 0.833. The summed E-state index contributed by atoms with van der Waals surface area (Å²) in [6.45, 7) is 10.3. The van der Waals surface area contributed by atoms with Crippen LogP contribution in [0.2, 0.25) is 0 Å². The minimum absolute atomic E-state index is 0.0318. The van der Waals surface area contributed by atoms with Crippen LogP contribution in [0.15, 0.2) is 60.8 Å². The van der Waals surface area contributed by atoms with Crippen LogP contribution in [-0.4, -0.2) is 220 Å². The summed E-state index contributed by atoms with van der Waals surface area (Å²) in [7, 11) is 0. The van der Waals surface area contributed by atoms with E-state index in [1.165, 1.54) is 6.08 Å². The third kappa shape index (κ3) is 10.5. The van der Waals surface area contributed by atoms with Crippen molar-refractivity contribution in [2.45, 2.75) is 275 Å². The SMILES string of the molecule is C[C@@H]1C[C@@H]2O[C@@H]3[C@@H](C)[C@H](O)[C@@H]4OC5(C[C@H](O)CO5)[C@@H](C)[C@H](C)[C@H]4O[C@H]3C[C@H]2O[C@H]2C[C@H]3O[C@H]4CC=CC[C@H]5O[C@H]6C=C[C@H]7O[C@H]8[C@H](O)[C@H]9O[C@@H](C=C[C@H](O)CO)C=CC[C@@H]9O[C@@H]8C[C@@H]7O[C@@H]6C=C[C@@H]5O[C@@H]4C[C@@H](O)[C@]3(C)O[C@@H]2C1. The van der Waals surface area contributed by atoms with Gasteiger partial charge in [-0.1, -0.05) is 88.5 Å². The second-order valence-electron chi connectivity index (χ2n) is 25.9. The predicted molar refractivity (Wildman–Crippen MR) is 279 cm³/mol. The number of ether oxygens (including phenoxy) is 13. The minimum atomic E-state index is -1.04. The first-order valence-electron chi connectivity index (χ1n) is 30.0. The number of aliphatic hydroxyl groups excluding tert-OH is 6. The molecule has 0 aromatic carbocycles. The Kier molecular flexibility index (Phi) is 15.9. The maximum atomic E-state index is 12.4. The monoisotopic (exact) mass is 1110 g/mol. The van der Waals surface area contributed by atoms with Crippen LogP contribution in [0, 0.1) is 23.7 Å². The van der Waals surface area contributed by atoms with E-state index in [0.29, 0.717) is 57.8 Å². The Morgan fingerprint density at radius 1 is 0.519 bits per heavy atom. The van der Waals surface area contributed by atoms with Gasteiger partial charge in [0.15, 0.2) is 5.79 Å². The van der Waals surface area contributed by atoms with Gasteiger partial charge in [-0.3, -0.25) is 0 Å². The van der Waals surface area contributed by atoms with Crippen LogP contribution >= 0.6 is 0 Å². The van der Waals surface area contributed by atoms with Crippen molar-refractivity contribution in [3.8, 4) is 0 Å². The zero-order valence-electron chi connectivity index (χ0n) is 46.1. The maximum absolute atomic E-state index is 12.4. The molecular formula is C60H86O19. The lowest BCUT2D eigenvalue weighted by Crippen LogP contribution is -2.63. The molecule has 19 nitrogen and oxygen atoms in total. The van der Waals surface area contributed by atoms with Crippen molar-refractivity contribution in [1.29, 1.82) is 0 Å². The highest BCUT2D eigenvalue weighted by molar-refractivity contribution is 5.18. The van der Waals surface area contributed by atoms with E-state index in [0.717, 1.165) is 6.42 Å². The second-order valence-corrected chi connectivity index (χ2v) is 25.9. The van der Waals surface area contributed by atoms with Crippen molar-refractivity contribution >= 4 is 0 Å². The lowest BCUT2D eigenvalue weighted by atomic mass is 9.75. The molecule has 13 rings (SSSR count). The van der Waals surface area contributed by atoms with Crippen LogP contribution in [0.1, 0.15) is 98.8 Å². The molecule has 13 aliphatic heterocycles. The van der Waals surface area contributed by atoms with Gasteiger partial charge in [-0.25, -0.2) is 0 Å². The lowest BCUT2D eigenvalue weighted by molar-refractivity contribution is -0.339. The normalized spacial score (nSPS) is 56.4. The van der Waals surface area contributed by atoms with Crippen LogP contribution in [0.4, 0.5) is 0 Å². The molecule has 13 aliphatic rings.